The Balaban J connectivity index is 2.21. The lowest BCUT2D eigenvalue weighted by Crippen LogP contribution is -2.20. The van der Waals surface area contributed by atoms with Gasteiger partial charge in [0.25, 0.3) is 0 Å². The first-order valence-corrected chi connectivity index (χ1v) is 5.51. The van der Waals surface area contributed by atoms with Crippen LogP contribution in [0.1, 0.15) is 52.9 Å². The highest BCUT2D eigenvalue weighted by atomic mass is 14.3. The second kappa shape index (κ2) is 4.89. The van der Waals surface area contributed by atoms with Crippen molar-refractivity contribution >= 4 is 0 Å². The molecule has 71 valence electrons. The summed E-state index contributed by atoms with van der Waals surface area (Å²) in [5.74, 6) is 2.99. The number of hydrogen-bond donors (Lipinski definition) is 0. The van der Waals surface area contributed by atoms with Crippen LogP contribution in [0.4, 0.5) is 0 Å². The van der Waals surface area contributed by atoms with Gasteiger partial charge in [0.05, 0.1) is 0 Å². The van der Waals surface area contributed by atoms with Crippen LogP contribution in [0.5, 0.6) is 0 Å². The molecule has 0 aromatic carbocycles. The standard InChI is InChI=1S/C12H23/c1-4-5-6-12-8-7-10(2)11(3)9-12/h4,10-12H,5-9H2,1-3H3. The fourth-order valence-electron chi connectivity index (χ4n) is 2.32. The normalized spacial score (nSPS) is 36.8. The number of hydrogen-bond acceptors (Lipinski definition) is 0. The Morgan fingerprint density at radius 3 is 2.50 bits per heavy atom. The van der Waals surface area contributed by atoms with E-state index in [9.17, 15) is 0 Å². The molecule has 0 aliphatic heterocycles. The number of unbranched alkanes of at least 4 members (excludes halogenated alkanes) is 1. The Morgan fingerprint density at radius 1 is 1.17 bits per heavy atom. The molecule has 12 heavy (non-hydrogen) atoms. The summed E-state index contributed by atoms with van der Waals surface area (Å²) in [4.78, 5) is 0. The Labute approximate surface area is 77.7 Å². The van der Waals surface area contributed by atoms with Crippen molar-refractivity contribution in [2.45, 2.75) is 52.9 Å². The molecule has 1 radical (unpaired) electrons. The first-order chi connectivity index (χ1) is 5.74. The molecule has 3 unspecified atom stereocenters. The largest absolute Gasteiger partial charge is 0.0623 e. The summed E-state index contributed by atoms with van der Waals surface area (Å²) in [5, 5.41) is 0. The van der Waals surface area contributed by atoms with Crippen LogP contribution >= 0.6 is 0 Å². The second-order valence-electron chi connectivity index (χ2n) is 4.62. The van der Waals surface area contributed by atoms with E-state index in [0.717, 1.165) is 17.8 Å². The summed E-state index contributed by atoms with van der Waals surface area (Å²) in [6, 6.07) is 0. The monoisotopic (exact) mass is 167 g/mol. The smallest absolute Gasteiger partial charge is 0.0411 e. The van der Waals surface area contributed by atoms with Gasteiger partial charge in [-0.1, -0.05) is 46.5 Å². The first kappa shape index (κ1) is 10.1. The van der Waals surface area contributed by atoms with Crippen LogP contribution in [0.25, 0.3) is 0 Å². The Hall–Kier alpha value is 0. The van der Waals surface area contributed by atoms with Crippen LogP contribution in [-0.4, -0.2) is 0 Å². The molecule has 0 nitrogen and oxygen atoms in total. The minimum atomic E-state index is 0.973. The number of rotatable bonds is 3. The maximum Gasteiger partial charge on any atom is -0.0411 e. The molecule has 1 aliphatic rings. The quantitative estimate of drug-likeness (QED) is 0.594. The molecule has 0 amide bonds. The minimum Gasteiger partial charge on any atom is -0.0623 e. The van der Waals surface area contributed by atoms with Crippen molar-refractivity contribution in [2.24, 2.45) is 17.8 Å². The Morgan fingerprint density at radius 2 is 1.92 bits per heavy atom. The van der Waals surface area contributed by atoms with Gasteiger partial charge >= 0.3 is 0 Å². The third kappa shape index (κ3) is 2.80. The molecular weight excluding hydrogens is 144 g/mol. The van der Waals surface area contributed by atoms with Gasteiger partial charge < -0.3 is 0 Å². The van der Waals surface area contributed by atoms with Crippen molar-refractivity contribution in [3.05, 3.63) is 6.42 Å². The summed E-state index contributed by atoms with van der Waals surface area (Å²) in [6.45, 7) is 7.01. The summed E-state index contributed by atoms with van der Waals surface area (Å²) >= 11 is 0. The van der Waals surface area contributed by atoms with E-state index < -0.39 is 0 Å². The van der Waals surface area contributed by atoms with Crippen LogP contribution in [-0.2, 0) is 0 Å². The average Bonchev–Trinajstić information content (AvgIpc) is 2.07. The third-order valence-corrected chi connectivity index (χ3v) is 3.57. The summed E-state index contributed by atoms with van der Waals surface area (Å²) in [7, 11) is 0. The molecule has 0 heterocycles. The third-order valence-electron chi connectivity index (χ3n) is 3.57. The van der Waals surface area contributed by atoms with Gasteiger partial charge in [-0.25, -0.2) is 0 Å². The Bertz CT molecular complexity index is 115. The zero-order valence-corrected chi connectivity index (χ0v) is 8.84. The fourth-order valence-corrected chi connectivity index (χ4v) is 2.32. The molecule has 0 saturated heterocycles. The molecule has 1 saturated carbocycles. The van der Waals surface area contributed by atoms with Gasteiger partial charge in [-0.15, -0.1) is 0 Å². The zero-order valence-electron chi connectivity index (χ0n) is 8.84. The van der Waals surface area contributed by atoms with Gasteiger partial charge in [0.1, 0.15) is 0 Å². The van der Waals surface area contributed by atoms with E-state index in [1.54, 1.807) is 0 Å². The highest BCUT2D eigenvalue weighted by Gasteiger charge is 2.23. The SMILES string of the molecule is C[CH]CCC1CCC(C)C(C)C1. The maximum absolute atomic E-state index is 2.42. The van der Waals surface area contributed by atoms with Crippen LogP contribution in [0.15, 0.2) is 0 Å². The molecule has 0 bridgehead atoms. The first-order valence-electron chi connectivity index (χ1n) is 5.51. The Kier molecular flexibility index (Phi) is 4.11. The van der Waals surface area contributed by atoms with E-state index in [4.69, 9.17) is 0 Å². The van der Waals surface area contributed by atoms with Gasteiger partial charge in [-0.2, -0.15) is 0 Å². The van der Waals surface area contributed by atoms with E-state index >= 15 is 0 Å². The van der Waals surface area contributed by atoms with Crippen LogP contribution < -0.4 is 0 Å². The van der Waals surface area contributed by atoms with Gasteiger partial charge in [-0.3, -0.25) is 0 Å². The van der Waals surface area contributed by atoms with Crippen molar-refractivity contribution < 1.29 is 0 Å². The van der Waals surface area contributed by atoms with Crippen LogP contribution in [0, 0.1) is 24.2 Å². The van der Waals surface area contributed by atoms with Gasteiger partial charge in [0.2, 0.25) is 0 Å². The van der Waals surface area contributed by atoms with Crippen molar-refractivity contribution in [1.82, 2.24) is 0 Å². The van der Waals surface area contributed by atoms with Crippen LogP contribution in [0.2, 0.25) is 0 Å². The molecule has 0 aromatic rings. The predicted octanol–water partition coefficient (Wildman–Crippen LogP) is 4.06. The lowest BCUT2D eigenvalue weighted by molar-refractivity contribution is 0.200. The van der Waals surface area contributed by atoms with Crippen LogP contribution in [0.3, 0.4) is 0 Å². The highest BCUT2D eigenvalue weighted by Crippen LogP contribution is 2.35. The van der Waals surface area contributed by atoms with E-state index in [2.05, 4.69) is 27.2 Å². The zero-order chi connectivity index (χ0) is 8.97. The summed E-state index contributed by atoms with van der Waals surface area (Å²) < 4.78 is 0. The van der Waals surface area contributed by atoms with Crippen molar-refractivity contribution in [3.8, 4) is 0 Å². The molecule has 1 rings (SSSR count). The molecule has 0 aromatic heterocycles. The van der Waals surface area contributed by atoms with Crippen molar-refractivity contribution in [1.29, 1.82) is 0 Å². The van der Waals surface area contributed by atoms with E-state index in [-0.39, 0.29) is 0 Å². The van der Waals surface area contributed by atoms with Gasteiger partial charge in [0.15, 0.2) is 0 Å². The van der Waals surface area contributed by atoms with E-state index in [1.807, 2.05) is 0 Å². The average molecular weight is 167 g/mol. The molecule has 3 atom stereocenters. The molecule has 0 heteroatoms. The lowest BCUT2D eigenvalue weighted by atomic mass is 9.74. The molecular formula is C12H23. The van der Waals surface area contributed by atoms with Gasteiger partial charge in [0, 0.05) is 0 Å². The predicted molar refractivity (Wildman–Crippen MR) is 54.9 cm³/mol. The second-order valence-corrected chi connectivity index (χ2v) is 4.62. The molecule has 0 N–H and O–H groups in total. The topological polar surface area (TPSA) is 0 Å². The van der Waals surface area contributed by atoms with Crippen molar-refractivity contribution in [2.75, 3.05) is 0 Å². The van der Waals surface area contributed by atoms with Gasteiger partial charge in [-0.05, 0) is 30.6 Å². The highest BCUT2D eigenvalue weighted by molar-refractivity contribution is 4.76. The summed E-state index contributed by atoms with van der Waals surface area (Å²) in [6.07, 6.45) is 9.51. The molecule has 1 aliphatic carbocycles. The maximum atomic E-state index is 2.42. The van der Waals surface area contributed by atoms with Crippen molar-refractivity contribution in [3.63, 3.8) is 0 Å². The molecule has 0 spiro atoms. The summed E-state index contributed by atoms with van der Waals surface area (Å²) in [5.41, 5.74) is 0. The molecule has 1 fully saturated rings. The lowest BCUT2D eigenvalue weighted by Gasteiger charge is -2.32. The van der Waals surface area contributed by atoms with E-state index in [0.29, 0.717) is 0 Å². The fraction of sp³-hybridized carbons (Fsp3) is 0.917. The van der Waals surface area contributed by atoms with E-state index in [1.165, 1.54) is 32.1 Å². The minimum absolute atomic E-state index is 0.973.